The minimum absolute atomic E-state index is 0. The van der Waals surface area contributed by atoms with Gasteiger partial charge in [-0.25, -0.2) is 0 Å². The van der Waals surface area contributed by atoms with Crippen LogP contribution in [-0.4, -0.2) is 24.8 Å². The van der Waals surface area contributed by atoms with E-state index in [-0.39, 0.29) is 69.2 Å². The molecule has 5 nitrogen and oxygen atoms in total. The summed E-state index contributed by atoms with van der Waals surface area (Å²) in [5, 5.41) is 36.6. The Morgan fingerprint density at radius 3 is 1.00 bits per heavy atom. The van der Waals surface area contributed by atoms with Gasteiger partial charge in [0, 0.05) is 14.6 Å². The third-order valence-corrected chi connectivity index (χ3v) is 0.222. The van der Waals surface area contributed by atoms with Gasteiger partial charge in [-0.1, -0.05) is 0 Å². The van der Waals surface area contributed by atoms with Crippen LogP contribution in [0.25, 0.3) is 0 Å². The molecule has 0 saturated carbocycles. The molecule has 0 aromatic carbocycles. The van der Waals surface area contributed by atoms with E-state index in [0.29, 0.717) is 0 Å². The van der Waals surface area contributed by atoms with E-state index in [0.717, 1.165) is 0 Å². The van der Waals surface area contributed by atoms with Crippen molar-refractivity contribution in [2.75, 3.05) is 0 Å². The summed E-state index contributed by atoms with van der Waals surface area (Å²) >= 11 is 0. The van der Waals surface area contributed by atoms with Crippen LogP contribution in [0.5, 0.6) is 0 Å². The van der Waals surface area contributed by atoms with Crippen LogP contribution in [0.4, 0.5) is 0 Å². The van der Waals surface area contributed by atoms with Crippen molar-refractivity contribution in [1.29, 1.82) is 0 Å². The second kappa shape index (κ2) is 13.7. The zero-order valence-electron chi connectivity index (χ0n) is 5.90. The van der Waals surface area contributed by atoms with Crippen molar-refractivity contribution < 1.29 is 83.8 Å². The molecule has 0 aliphatic heterocycles. The zero-order chi connectivity index (χ0) is 5.86. The molecule has 0 heterocycles. The Balaban J connectivity index is -0.0000000600. The average Bonchev–Trinajstić information content (AvgIpc) is 1.27. The second-order valence-electron chi connectivity index (χ2n) is 0.713. The average molecular weight is 157 g/mol. The largest absolute Gasteiger partial charge is 2.00 e. The fraction of sp³-hybridized carbons (Fsp3) is 0. The minimum Gasteiger partial charge on any atom is -0.872 e. The van der Waals surface area contributed by atoms with Gasteiger partial charge in [0.1, 0.15) is 0 Å². The Morgan fingerprint density at radius 2 is 1.00 bits per heavy atom. The van der Waals surface area contributed by atoms with E-state index in [1.165, 1.54) is 0 Å². The molecule has 0 saturated heterocycles. The molecule has 0 aromatic heterocycles. The van der Waals surface area contributed by atoms with Crippen molar-refractivity contribution in [3.63, 3.8) is 0 Å². The first kappa shape index (κ1) is 22.7. The summed E-state index contributed by atoms with van der Waals surface area (Å²) in [6.45, 7) is 0. The molecule has 0 radical (unpaired) electrons. The molecule has 0 rings (SSSR count). The van der Waals surface area contributed by atoms with E-state index < -0.39 is 14.6 Å². The molecule has 0 atom stereocenters. The van der Waals surface area contributed by atoms with Crippen LogP contribution in [0, 0.1) is 0 Å². The third-order valence-electron chi connectivity index (χ3n) is 0.222. The SMILES string of the molecule is [Be+2].[Na+].[Na+].[O-]B([O-])OB([O-])[O-]. The predicted molar refractivity (Wildman–Crippen MR) is 18.3 cm³/mol. The smallest absolute Gasteiger partial charge is 0.872 e. The van der Waals surface area contributed by atoms with Crippen LogP contribution in [0.1, 0.15) is 0 Å². The van der Waals surface area contributed by atoms with Gasteiger partial charge >= 0.3 is 69.2 Å². The molecule has 0 amide bonds. The minimum atomic E-state index is -2.75. The summed E-state index contributed by atoms with van der Waals surface area (Å²) in [5.41, 5.74) is 0. The molecule has 0 aliphatic rings. The summed E-state index contributed by atoms with van der Waals surface area (Å²) in [6, 6.07) is 0. The summed E-state index contributed by atoms with van der Waals surface area (Å²) in [4.78, 5) is 0. The zero-order valence-corrected chi connectivity index (χ0v) is 9.90. The first-order chi connectivity index (χ1) is 3.13. The van der Waals surface area contributed by atoms with Crippen LogP contribution in [-0.2, 0) is 4.57 Å². The normalized spacial score (nSPS) is 6.00. The Labute approximate surface area is 107 Å². The fourth-order valence-corrected chi connectivity index (χ4v) is 0.0907. The molecule has 10 heavy (non-hydrogen) atoms. The van der Waals surface area contributed by atoms with Gasteiger partial charge in [0.05, 0.1) is 0 Å². The third kappa shape index (κ3) is 22.5. The molecule has 10 heteroatoms. The Morgan fingerprint density at radius 1 is 0.800 bits per heavy atom. The monoisotopic (exact) mass is 157 g/mol. The number of hydrogen-bond donors (Lipinski definition) is 0. The van der Waals surface area contributed by atoms with Crippen molar-refractivity contribution in [3.05, 3.63) is 0 Å². The Hall–Kier alpha value is 2.10. The molecule has 0 spiro atoms. The van der Waals surface area contributed by atoms with E-state index in [9.17, 15) is 0 Å². The molecule has 0 fully saturated rings. The quantitative estimate of drug-likeness (QED) is 0.370. The van der Waals surface area contributed by atoms with Crippen LogP contribution < -0.4 is 79.2 Å². The van der Waals surface area contributed by atoms with Crippen molar-refractivity contribution in [3.8, 4) is 0 Å². The van der Waals surface area contributed by atoms with Crippen LogP contribution >= 0.6 is 0 Å². The van der Waals surface area contributed by atoms with Crippen molar-refractivity contribution in [2.45, 2.75) is 0 Å². The van der Waals surface area contributed by atoms with E-state index in [2.05, 4.69) is 4.57 Å². The van der Waals surface area contributed by atoms with Crippen LogP contribution in [0.3, 0.4) is 0 Å². The molecule has 0 bridgehead atoms. The summed E-state index contributed by atoms with van der Waals surface area (Å²) in [6.07, 6.45) is 0. The molecule has 0 unspecified atom stereocenters. The van der Waals surface area contributed by atoms with Gasteiger partial charge < -0.3 is 24.7 Å². The summed E-state index contributed by atoms with van der Waals surface area (Å²) in [7, 11) is -5.50. The van der Waals surface area contributed by atoms with Gasteiger partial charge in [0.15, 0.2) is 0 Å². The maximum atomic E-state index is 9.16. The molecule has 0 N–H and O–H groups in total. The molecular weight excluding hydrogens is 157 g/mol. The fourth-order valence-electron chi connectivity index (χ4n) is 0.0907. The first-order valence-corrected chi connectivity index (χ1v) is 1.41. The summed E-state index contributed by atoms with van der Waals surface area (Å²) < 4.78 is 3.03. The molecular formula is B2BeNa2O5. The van der Waals surface area contributed by atoms with Gasteiger partial charge in [-0.2, -0.15) is 0 Å². The van der Waals surface area contributed by atoms with Gasteiger partial charge in [0.25, 0.3) is 0 Å². The van der Waals surface area contributed by atoms with Crippen molar-refractivity contribution in [1.82, 2.24) is 0 Å². The van der Waals surface area contributed by atoms with Gasteiger partial charge in [-0.15, -0.1) is 0 Å². The van der Waals surface area contributed by atoms with Gasteiger partial charge in [-0.05, 0) is 0 Å². The Bertz CT molecular complexity index is 46.9. The van der Waals surface area contributed by atoms with E-state index in [1.807, 2.05) is 0 Å². The maximum Gasteiger partial charge on any atom is 2.00 e. The standard InChI is InChI=1S/B2O5.Be.2Na/c3-1(4)7-2(5)6;;;/q-4;+2;2*+1. The van der Waals surface area contributed by atoms with E-state index in [4.69, 9.17) is 20.1 Å². The van der Waals surface area contributed by atoms with E-state index >= 15 is 0 Å². The summed E-state index contributed by atoms with van der Waals surface area (Å²) in [5.74, 6) is 0. The molecule has 0 aromatic rings. The van der Waals surface area contributed by atoms with Crippen LogP contribution in [0.15, 0.2) is 0 Å². The second-order valence-corrected chi connectivity index (χ2v) is 0.713. The molecule has 0 aliphatic carbocycles. The topological polar surface area (TPSA) is 101 Å². The van der Waals surface area contributed by atoms with Gasteiger partial charge in [0.2, 0.25) is 0 Å². The number of rotatable bonds is 2. The molecule has 40 valence electrons. The maximum absolute atomic E-state index is 9.16. The van der Waals surface area contributed by atoms with Gasteiger partial charge in [-0.3, -0.25) is 0 Å². The Kier molecular flexibility index (Phi) is 31.1. The number of hydrogen-bond acceptors (Lipinski definition) is 5. The predicted octanol–water partition coefficient (Wildman–Crippen LogP) is -12.0. The van der Waals surface area contributed by atoms with Crippen molar-refractivity contribution in [2.24, 2.45) is 0 Å². The van der Waals surface area contributed by atoms with Crippen LogP contribution in [0.2, 0.25) is 0 Å². The first-order valence-electron chi connectivity index (χ1n) is 1.41. The van der Waals surface area contributed by atoms with E-state index in [1.54, 1.807) is 0 Å². The van der Waals surface area contributed by atoms with Crippen molar-refractivity contribution >= 4 is 24.8 Å².